The molecule has 6 nitrogen and oxygen atoms in total. The van der Waals surface area contributed by atoms with Gasteiger partial charge in [-0.15, -0.1) is 24.0 Å². The van der Waals surface area contributed by atoms with Gasteiger partial charge in [-0.1, -0.05) is 24.3 Å². The highest BCUT2D eigenvalue weighted by Crippen LogP contribution is 2.13. The molecule has 1 aromatic carbocycles. The van der Waals surface area contributed by atoms with Gasteiger partial charge in [0.2, 0.25) is 0 Å². The number of benzene rings is 1. The Bertz CT molecular complexity index is 786. The number of rotatable bonds is 5. The molecule has 0 unspecified atom stereocenters. The molecule has 0 bridgehead atoms. The first-order valence-electron chi connectivity index (χ1n) is 7.77. The Morgan fingerprint density at radius 1 is 1.04 bits per heavy atom. The van der Waals surface area contributed by atoms with Crippen molar-refractivity contribution < 1.29 is 0 Å². The number of imidazole rings is 1. The molecule has 0 aliphatic carbocycles. The van der Waals surface area contributed by atoms with Crippen LogP contribution in [0.5, 0.6) is 0 Å². The molecule has 2 N–H and O–H groups in total. The highest BCUT2D eigenvalue weighted by Gasteiger charge is 2.05. The Labute approximate surface area is 164 Å². The molecule has 25 heavy (non-hydrogen) atoms. The van der Waals surface area contributed by atoms with E-state index in [2.05, 4.69) is 37.7 Å². The van der Waals surface area contributed by atoms with Crippen molar-refractivity contribution in [1.82, 2.24) is 25.2 Å². The lowest BCUT2D eigenvalue weighted by Gasteiger charge is -2.14. The van der Waals surface area contributed by atoms with Gasteiger partial charge in [0.25, 0.3) is 0 Å². The van der Waals surface area contributed by atoms with Crippen LogP contribution in [0.2, 0.25) is 0 Å². The van der Waals surface area contributed by atoms with Crippen molar-refractivity contribution in [3.05, 3.63) is 78.6 Å². The van der Waals surface area contributed by atoms with Gasteiger partial charge in [-0.3, -0.25) is 9.98 Å². The number of hydrogen-bond donors (Lipinski definition) is 2. The molecule has 3 aromatic rings. The molecule has 0 atom stereocenters. The van der Waals surface area contributed by atoms with E-state index in [0.29, 0.717) is 13.1 Å². The van der Waals surface area contributed by atoms with Crippen molar-refractivity contribution in [3.8, 4) is 5.69 Å². The van der Waals surface area contributed by atoms with Gasteiger partial charge in [0.05, 0.1) is 24.3 Å². The number of para-hydroxylation sites is 1. The number of nitrogens with one attached hydrogen (secondary N) is 2. The van der Waals surface area contributed by atoms with Crippen molar-refractivity contribution in [2.75, 3.05) is 7.05 Å². The average Bonchev–Trinajstić information content (AvgIpc) is 3.17. The zero-order chi connectivity index (χ0) is 16.6. The summed E-state index contributed by atoms with van der Waals surface area (Å²) in [4.78, 5) is 12.7. The Hall–Kier alpha value is -2.42. The van der Waals surface area contributed by atoms with Crippen LogP contribution in [0.15, 0.2) is 72.4 Å². The van der Waals surface area contributed by atoms with E-state index in [0.717, 1.165) is 22.9 Å². The van der Waals surface area contributed by atoms with Gasteiger partial charge in [-0.2, -0.15) is 0 Å². The second-order valence-corrected chi connectivity index (χ2v) is 5.20. The van der Waals surface area contributed by atoms with Crippen LogP contribution in [0.4, 0.5) is 0 Å². The summed E-state index contributed by atoms with van der Waals surface area (Å²) in [6, 6.07) is 14.1. The standard InChI is InChI=1S/C18H20N6.HI/c1-19-18(23-13-16-7-4-5-9-21-16)22-12-15-6-2-3-8-17(15)24-11-10-20-14-24;/h2-11,14H,12-13H2,1H3,(H2,19,22,23);1H. The number of aromatic nitrogens is 3. The van der Waals surface area contributed by atoms with Crippen LogP contribution in [0, 0.1) is 0 Å². The van der Waals surface area contributed by atoms with E-state index in [9.17, 15) is 0 Å². The normalized spacial score (nSPS) is 10.8. The molecule has 0 aliphatic rings. The number of pyridine rings is 1. The van der Waals surface area contributed by atoms with Crippen LogP contribution in [0.25, 0.3) is 5.69 Å². The SMILES string of the molecule is CN=C(NCc1ccccn1)NCc1ccccc1-n1ccnc1.I. The first-order valence-corrected chi connectivity index (χ1v) is 7.77. The Balaban J connectivity index is 0.00000225. The van der Waals surface area contributed by atoms with Gasteiger partial charge < -0.3 is 15.2 Å². The molecule has 0 aliphatic heterocycles. The Kier molecular flexibility index (Phi) is 7.39. The summed E-state index contributed by atoms with van der Waals surface area (Å²) in [7, 11) is 1.76. The number of nitrogens with zero attached hydrogens (tertiary/aromatic N) is 4. The summed E-state index contributed by atoms with van der Waals surface area (Å²) >= 11 is 0. The van der Waals surface area contributed by atoms with Gasteiger partial charge in [-0.25, -0.2) is 4.98 Å². The van der Waals surface area contributed by atoms with Crippen LogP contribution in [-0.4, -0.2) is 27.5 Å². The molecule has 0 saturated carbocycles. The zero-order valence-corrected chi connectivity index (χ0v) is 16.3. The third kappa shape index (κ3) is 5.28. The van der Waals surface area contributed by atoms with E-state index >= 15 is 0 Å². The van der Waals surface area contributed by atoms with Crippen molar-refractivity contribution in [2.45, 2.75) is 13.1 Å². The van der Waals surface area contributed by atoms with Crippen LogP contribution < -0.4 is 10.6 Å². The number of guanidine groups is 1. The molecule has 2 heterocycles. The Morgan fingerprint density at radius 3 is 2.56 bits per heavy atom. The summed E-state index contributed by atoms with van der Waals surface area (Å²) in [6.45, 7) is 1.29. The van der Waals surface area contributed by atoms with E-state index in [1.54, 1.807) is 25.8 Å². The average molecular weight is 448 g/mol. The Morgan fingerprint density at radius 2 is 1.84 bits per heavy atom. The molecule has 7 heteroatoms. The van der Waals surface area contributed by atoms with Crippen molar-refractivity contribution >= 4 is 29.9 Å². The number of aliphatic imine (C=N–C) groups is 1. The van der Waals surface area contributed by atoms with Crippen LogP contribution in [0.1, 0.15) is 11.3 Å². The zero-order valence-electron chi connectivity index (χ0n) is 14.0. The maximum absolute atomic E-state index is 4.30. The van der Waals surface area contributed by atoms with Gasteiger partial charge in [-0.05, 0) is 23.8 Å². The predicted molar refractivity (Wildman–Crippen MR) is 110 cm³/mol. The minimum atomic E-state index is 0. The van der Waals surface area contributed by atoms with Gasteiger partial charge >= 0.3 is 0 Å². The quantitative estimate of drug-likeness (QED) is 0.358. The van der Waals surface area contributed by atoms with Crippen LogP contribution in [0.3, 0.4) is 0 Å². The summed E-state index contributed by atoms with van der Waals surface area (Å²) in [5.41, 5.74) is 3.23. The molecule has 0 amide bonds. The fourth-order valence-corrected chi connectivity index (χ4v) is 2.39. The maximum atomic E-state index is 4.30. The van der Waals surface area contributed by atoms with Gasteiger partial charge in [0.1, 0.15) is 0 Å². The van der Waals surface area contributed by atoms with Crippen molar-refractivity contribution in [2.24, 2.45) is 4.99 Å². The molecule has 0 spiro atoms. The molecule has 2 aromatic heterocycles. The first-order chi connectivity index (χ1) is 11.9. The lowest BCUT2D eigenvalue weighted by molar-refractivity contribution is 0.790. The minimum Gasteiger partial charge on any atom is -0.352 e. The van der Waals surface area contributed by atoms with E-state index in [1.807, 2.05) is 41.1 Å². The third-order valence-electron chi connectivity index (χ3n) is 3.61. The van der Waals surface area contributed by atoms with Crippen molar-refractivity contribution in [3.63, 3.8) is 0 Å². The topological polar surface area (TPSA) is 67.1 Å². The molecule has 0 fully saturated rings. The third-order valence-corrected chi connectivity index (χ3v) is 3.61. The van der Waals surface area contributed by atoms with E-state index in [-0.39, 0.29) is 24.0 Å². The molecule has 3 rings (SSSR count). The number of hydrogen-bond acceptors (Lipinski definition) is 3. The summed E-state index contributed by atoms with van der Waals surface area (Å²) in [5.74, 6) is 0.737. The maximum Gasteiger partial charge on any atom is 0.191 e. The fraction of sp³-hybridized carbons (Fsp3) is 0.167. The lowest BCUT2D eigenvalue weighted by atomic mass is 10.1. The van der Waals surface area contributed by atoms with E-state index < -0.39 is 0 Å². The monoisotopic (exact) mass is 448 g/mol. The largest absolute Gasteiger partial charge is 0.352 e. The highest BCUT2D eigenvalue weighted by molar-refractivity contribution is 14.0. The van der Waals surface area contributed by atoms with Crippen molar-refractivity contribution in [1.29, 1.82) is 0 Å². The molecular formula is C18H21IN6. The second kappa shape index (κ2) is 9.77. The molecule has 0 radical (unpaired) electrons. The minimum absolute atomic E-state index is 0. The molecule has 130 valence electrons. The smallest absolute Gasteiger partial charge is 0.191 e. The van der Waals surface area contributed by atoms with Crippen LogP contribution in [-0.2, 0) is 13.1 Å². The lowest BCUT2D eigenvalue weighted by Crippen LogP contribution is -2.36. The molecule has 0 saturated heterocycles. The molecular weight excluding hydrogens is 427 g/mol. The first kappa shape index (κ1) is 18.9. The van der Waals surface area contributed by atoms with Gasteiger partial charge in [0.15, 0.2) is 5.96 Å². The second-order valence-electron chi connectivity index (χ2n) is 5.20. The predicted octanol–water partition coefficient (Wildman–Crippen LogP) is 2.75. The fourth-order valence-electron chi connectivity index (χ4n) is 2.39. The summed E-state index contributed by atoms with van der Waals surface area (Å²) in [6.07, 6.45) is 7.30. The highest BCUT2D eigenvalue weighted by atomic mass is 127. The summed E-state index contributed by atoms with van der Waals surface area (Å²) < 4.78 is 2.00. The summed E-state index contributed by atoms with van der Waals surface area (Å²) in [5, 5.41) is 6.60. The van der Waals surface area contributed by atoms with Gasteiger partial charge in [0, 0.05) is 32.2 Å². The van der Waals surface area contributed by atoms with E-state index in [4.69, 9.17) is 0 Å². The number of halogens is 1. The van der Waals surface area contributed by atoms with E-state index in [1.165, 1.54) is 0 Å². The van der Waals surface area contributed by atoms with Crippen LogP contribution >= 0.6 is 24.0 Å².